The molecular weight excluding hydrogens is 184 g/mol. The average Bonchev–Trinajstić information content (AvgIpc) is 2.20. The molecule has 0 aromatic heterocycles. The van der Waals surface area contributed by atoms with Crippen LogP contribution in [0.25, 0.3) is 0 Å². The van der Waals surface area contributed by atoms with Crippen LogP contribution < -0.4 is 0 Å². The van der Waals surface area contributed by atoms with E-state index in [9.17, 15) is 14.4 Å². The van der Waals surface area contributed by atoms with Gasteiger partial charge >= 0.3 is 6.03 Å². The summed E-state index contributed by atoms with van der Waals surface area (Å²) in [7, 11) is 1.42. The Morgan fingerprint density at radius 3 is 2.14 bits per heavy atom. The Balaban J connectivity index is 3.00. The first-order chi connectivity index (χ1) is 6.28. The van der Waals surface area contributed by atoms with Crippen LogP contribution in [0.3, 0.4) is 0 Å². The van der Waals surface area contributed by atoms with Gasteiger partial charge in [0, 0.05) is 7.05 Å². The lowest BCUT2D eigenvalue weighted by molar-refractivity contribution is -0.131. The highest BCUT2D eigenvalue weighted by molar-refractivity contribution is 6.07. The first-order valence-electron chi connectivity index (χ1n) is 4.37. The maximum Gasteiger partial charge on any atom is 0.327 e. The van der Waals surface area contributed by atoms with Crippen LogP contribution in [0.5, 0.6) is 0 Å². The molecule has 1 aliphatic heterocycles. The molecule has 0 unspecified atom stereocenters. The van der Waals surface area contributed by atoms with Crippen molar-refractivity contribution < 1.29 is 14.4 Å². The Bertz CT molecular complexity index is 309. The maximum absolute atomic E-state index is 11.6. The lowest BCUT2D eigenvalue weighted by Crippen LogP contribution is -2.46. The molecule has 1 fully saturated rings. The number of likely N-dealkylation sites (N-methyl/N-ethyl adjacent to an activating group) is 1. The monoisotopic (exact) mass is 198 g/mol. The predicted molar refractivity (Wildman–Crippen MR) is 49.6 cm³/mol. The van der Waals surface area contributed by atoms with Crippen molar-refractivity contribution in [1.29, 1.82) is 0 Å². The van der Waals surface area contributed by atoms with Gasteiger partial charge in [-0.15, -0.1) is 0 Å². The second-order valence-corrected chi connectivity index (χ2v) is 3.99. The molecule has 0 N–H and O–H groups in total. The van der Waals surface area contributed by atoms with Crippen LogP contribution in [0.4, 0.5) is 4.79 Å². The quantitative estimate of drug-likeness (QED) is 0.597. The van der Waals surface area contributed by atoms with Crippen LogP contribution in [0.1, 0.15) is 20.8 Å². The number of amides is 3. The smallest absolute Gasteiger partial charge is 0.303 e. The highest BCUT2D eigenvalue weighted by atomic mass is 16.2. The predicted octanol–water partition coefficient (Wildman–Crippen LogP) is 0.248. The molecule has 5 nitrogen and oxygen atoms in total. The fourth-order valence-electron chi connectivity index (χ4n) is 1.52. The van der Waals surface area contributed by atoms with Crippen LogP contribution in [0.15, 0.2) is 0 Å². The highest BCUT2D eigenvalue weighted by Crippen LogP contribution is 2.25. The van der Waals surface area contributed by atoms with Gasteiger partial charge in [0.2, 0.25) is 0 Å². The molecule has 0 aromatic rings. The number of urea groups is 1. The van der Waals surface area contributed by atoms with Gasteiger partial charge in [0.1, 0.15) is 11.3 Å². The van der Waals surface area contributed by atoms with E-state index in [1.807, 2.05) is 0 Å². The third-order valence-electron chi connectivity index (χ3n) is 2.40. The van der Waals surface area contributed by atoms with Gasteiger partial charge in [-0.1, -0.05) is 0 Å². The van der Waals surface area contributed by atoms with Crippen molar-refractivity contribution in [3.63, 3.8) is 0 Å². The van der Waals surface area contributed by atoms with Gasteiger partial charge < -0.3 is 4.90 Å². The molecule has 0 spiro atoms. The molecule has 0 bridgehead atoms. The standard InChI is InChI=1S/C9H14N2O3/c1-6(12)5-11-8(14)10(4)7(13)9(11,2)3/h5H2,1-4H3. The number of ketones is 1. The summed E-state index contributed by atoms with van der Waals surface area (Å²) in [4.78, 5) is 36.4. The normalized spacial score (nSPS) is 20.6. The average molecular weight is 198 g/mol. The number of Topliss-reactive ketones (excluding diaryl/α,β-unsaturated/α-hetero) is 1. The number of carbonyl (C=O) groups excluding carboxylic acids is 3. The van der Waals surface area contributed by atoms with Gasteiger partial charge in [0.05, 0.1) is 6.54 Å². The van der Waals surface area contributed by atoms with Gasteiger partial charge in [0.25, 0.3) is 5.91 Å². The Hall–Kier alpha value is -1.39. The molecule has 1 rings (SSSR count). The van der Waals surface area contributed by atoms with E-state index < -0.39 is 11.6 Å². The Kier molecular flexibility index (Phi) is 2.35. The summed E-state index contributed by atoms with van der Waals surface area (Å²) in [6.45, 7) is 4.66. The zero-order valence-electron chi connectivity index (χ0n) is 8.83. The lowest BCUT2D eigenvalue weighted by Gasteiger charge is -2.26. The van der Waals surface area contributed by atoms with Crippen molar-refractivity contribution in [3.8, 4) is 0 Å². The van der Waals surface area contributed by atoms with Crippen LogP contribution in [-0.2, 0) is 9.59 Å². The van der Waals surface area contributed by atoms with E-state index in [2.05, 4.69) is 0 Å². The second-order valence-electron chi connectivity index (χ2n) is 3.99. The zero-order valence-corrected chi connectivity index (χ0v) is 8.83. The van der Waals surface area contributed by atoms with E-state index in [0.29, 0.717) is 0 Å². The van der Waals surface area contributed by atoms with Crippen molar-refractivity contribution in [3.05, 3.63) is 0 Å². The molecule has 1 aliphatic rings. The molecule has 14 heavy (non-hydrogen) atoms. The van der Waals surface area contributed by atoms with Gasteiger partial charge in [-0.25, -0.2) is 4.79 Å². The number of nitrogens with zero attached hydrogens (tertiary/aromatic N) is 2. The van der Waals surface area contributed by atoms with Gasteiger partial charge in [-0.3, -0.25) is 14.5 Å². The summed E-state index contributed by atoms with van der Waals surface area (Å²) in [5.41, 5.74) is -0.905. The zero-order chi connectivity index (χ0) is 11.1. The number of carbonyl (C=O) groups is 3. The summed E-state index contributed by atoms with van der Waals surface area (Å²) in [5, 5.41) is 0. The van der Waals surface area contributed by atoms with Gasteiger partial charge in [0.15, 0.2) is 0 Å². The van der Waals surface area contributed by atoms with Crippen LogP contribution in [-0.4, -0.2) is 46.7 Å². The Morgan fingerprint density at radius 2 is 1.86 bits per heavy atom. The second kappa shape index (κ2) is 3.08. The molecule has 5 heteroatoms. The van der Waals surface area contributed by atoms with Crippen molar-refractivity contribution >= 4 is 17.7 Å². The molecule has 0 atom stereocenters. The van der Waals surface area contributed by atoms with Crippen molar-refractivity contribution in [2.75, 3.05) is 13.6 Å². The maximum atomic E-state index is 11.6. The first kappa shape index (κ1) is 10.7. The van der Waals surface area contributed by atoms with E-state index in [0.717, 1.165) is 4.90 Å². The fraction of sp³-hybridized carbons (Fsp3) is 0.667. The molecule has 78 valence electrons. The van der Waals surface area contributed by atoms with E-state index in [-0.39, 0.29) is 18.2 Å². The largest absolute Gasteiger partial charge is 0.327 e. The molecule has 1 saturated heterocycles. The minimum absolute atomic E-state index is 0.0120. The summed E-state index contributed by atoms with van der Waals surface area (Å²) < 4.78 is 0. The molecule has 0 saturated carbocycles. The SMILES string of the molecule is CC(=O)CN1C(=O)N(C)C(=O)C1(C)C. The number of rotatable bonds is 2. The number of hydrogen-bond donors (Lipinski definition) is 0. The topological polar surface area (TPSA) is 57.7 Å². The summed E-state index contributed by atoms with van der Waals surface area (Å²) >= 11 is 0. The van der Waals surface area contributed by atoms with Crippen molar-refractivity contribution in [1.82, 2.24) is 9.80 Å². The van der Waals surface area contributed by atoms with Crippen LogP contribution in [0, 0.1) is 0 Å². The third kappa shape index (κ3) is 1.38. The van der Waals surface area contributed by atoms with E-state index in [1.165, 1.54) is 18.9 Å². The van der Waals surface area contributed by atoms with Crippen molar-refractivity contribution in [2.45, 2.75) is 26.3 Å². The fourth-order valence-corrected chi connectivity index (χ4v) is 1.52. The molecule has 0 aliphatic carbocycles. The molecule has 0 aromatic carbocycles. The van der Waals surface area contributed by atoms with E-state index >= 15 is 0 Å². The van der Waals surface area contributed by atoms with Gasteiger partial charge in [-0.05, 0) is 20.8 Å². The molecule has 3 amide bonds. The molecule has 1 heterocycles. The Morgan fingerprint density at radius 1 is 1.36 bits per heavy atom. The minimum Gasteiger partial charge on any atom is -0.303 e. The van der Waals surface area contributed by atoms with Crippen molar-refractivity contribution in [2.24, 2.45) is 0 Å². The highest BCUT2D eigenvalue weighted by Gasteiger charge is 2.49. The van der Waals surface area contributed by atoms with E-state index in [1.54, 1.807) is 13.8 Å². The summed E-state index contributed by atoms with van der Waals surface area (Å²) in [6.07, 6.45) is 0. The summed E-state index contributed by atoms with van der Waals surface area (Å²) in [6, 6.07) is -0.407. The minimum atomic E-state index is -0.905. The van der Waals surface area contributed by atoms with Crippen LogP contribution >= 0.6 is 0 Å². The number of imide groups is 1. The summed E-state index contributed by atoms with van der Waals surface area (Å²) in [5.74, 6) is -0.404. The van der Waals surface area contributed by atoms with Gasteiger partial charge in [-0.2, -0.15) is 0 Å². The molecular formula is C9H14N2O3. The lowest BCUT2D eigenvalue weighted by atomic mass is 10.0. The third-order valence-corrected chi connectivity index (χ3v) is 2.40. The van der Waals surface area contributed by atoms with Crippen LogP contribution in [0.2, 0.25) is 0 Å². The molecule has 0 radical (unpaired) electrons. The van der Waals surface area contributed by atoms with E-state index in [4.69, 9.17) is 0 Å². The first-order valence-corrected chi connectivity index (χ1v) is 4.37. The Labute approximate surface area is 82.7 Å². The number of hydrogen-bond acceptors (Lipinski definition) is 3.